The number of unbranched alkanes of at least 4 members (excludes halogenated alkanes) is 27. The van der Waals surface area contributed by atoms with Crippen molar-refractivity contribution >= 4 is 17.9 Å². The Morgan fingerprint density at radius 3 is 1.03 bits per heavy atom. The van der Waals surface area contributed by atoms with Gasteiger partial charge in [-0.15, -0.1) is 0 Å². The molecule has 0 N–H and O–H groups in total. The van der Waals surface area contributed by atoms with Crippen molar-refractivity contribution in [3.8, 4) is 0 Å². The van der Waals surface area contributed by atoms with Crippen molar-refractivity contribution in [3.63, 3.8) is 0 Å². The number of esters is 3. The predicted molar refractivity (Wildman–Crippen MR) is 256 cm³/mol. The molecule has 0 spiro atoms. The first kappa shape index (κ1) is 57.4. The topological polar surface area (TPSA) is 78.9 Å². The predicted octanol–water partition coefficient (Wildman–Crippen LogP) is 16.7. The summed E-state index contributed by atoms with van der Waals surface area (Å²) < 4.78 is 16.7. The summed E-state index contributed by atoms with van der Waals surface area (Å²) >= 11 is 0. The van der Waals surface area contributed by atoms with Crippen LogP contribution in [0.25, 0.3) is 0 Å². The molecule has 6 nitrogen and oxygen atoms in total. The van der Waals surface area contributed by atoms with Gasteiger partial charge in [0.05, 0.1) is 0 Å². The van der Waals surface area contributed by atoms with Crippen molar-refractivity contribution in [2.75, 3.05) is 13.2 Å². The van der Waals surface area contributed by atoms with Crippen molar-refractivity contribution in [3.05, 3.63) is 48.6 Å². The maximum Gasteiger partial charge on any atom is 0.306 e. The van der Waals surface area contributed by atoms with Crippen LogP contribution >= 0.6 is 0 Å². The Morgan fingerprint density at radius 2 is 0.633 bits per heavy atom. The van der Waals surface area contributed by atoms with Crippen LogP contribution in [-0.4, -0.2) is 37.2 Å². The van der Waals surface area contributed by atoms with E-state index in [1.807, 2.05) is 6.08 Å². The zero-order chi connectivity index (χ0) is 43.7. The van der Waals surface area contributed by atoms with Crippen LogP contribution in [0.3, 0.4) is 0 Å². The zero-order valence-electron chi connectivity index (χ0n) is 39.7. The van der Waals surface area contributed by atoms with E-state index in [4.69, 9.17) is 14.2 Å². The average Bonchev–Trinajstić information content (AvgIpc) is 3.24. The highest BCUT2D eigenvalue weighted by atomic mass is 16.6. The molecule has 0 radical (unpaired) electrons. The van der Waals surface area contributed by atoms with Crippen molar-refractivity contribution in [1.29, 1.82) is 0 Å². The van der Waals surface area contributed by atoms with Crippen LogP contribution in [0.15, 0.2) is 48.6 Å². The third kappa shape index (κ3) is 46.4. The van der Waals surface area contributed by atoms with Gasteiger partial charge in [-0.1, -0.05) is 198 Å². The maximum atomic E-state index is 12.7. The summed E-state index contributed by atoms with van der Waals surface area (Å²) in [5.41, 5.74) is 0. The van der Waals surface area contributed by atoms with Crippen LogP contribution < -0.4 is 0 Å². The van der Waals surface area contributed by atoms with Crippen LogP contribution in [0.1, 0.15) is 258 Å². The number of hydrogen-bond donors (Lipinski definition) is 0. The quantitative estimate of drug-likeness (QED) is 0.0263. The van der Waals surface area contributed by atoms with Gasteiger partial charge in [0.2, 0.25) is 0 Å². The monoisotopic (exact) mass is 841 g/mol. The lowest BCUT2D eigenvalue weighted by atomic mass is 10.1. The van der Waals surface area contributed by atoms with Crippen LogP contribution in [0.5, 0.6) is 0 Å². The van der Waals surface area contributed by atoms with Crippen LogP contribution in [-0.2, 0) is 28.6 Å². The lowest BCUT2D eigenvalue weighted by Gasteiger charge is -2.18. The Bertz CT molecular complexity index is 1060. The number of carbonyl (C=O) groups is 3. The molecule has 6 heteroatoms. The molecule has 0 heterocycles. The Morgan fingerprint density at radius 1 is 0.333 bits per heavy atom. The van der Waals surface area contributed by atoms with Crippen molar-refractivity contribution < 1.29 is 28.6 Å². The third-order valence-corrected chi connectivity index (χ3v) is 11.0. The van der Waals surface area contributed by atoms with E-state index < -0.39 is 6.10 Å². The highest BCUT2D eigenvalue weighted by Gasteiger charge is 2.19. The molecule has 1 unspecified atom stereocenters. The Balaban J connectivity index is 4.42. The summed E-state index contributed by atoms with van der Waals surface area (Å²) in [5, 5.41) is 0. The van der Waals surface area contributed by atoms with Gasteiger partial charge >= 0.3 is 17.9 Å². The second-order valence-corrected chi connectivity index (χ2v) is 17.1. The molecule has 0 fully saturated rings. The second-order valence-electron chi connectivity index (χ2n) is 17.1. The van der Waals surface area contributed by atoms with Gasteiger partial charge in [-0.3, -0.25) is 14.4 Å². The van der Waals surface area contributed by atoms with Gasteiger partial charge in [0.25, 0.3) is 0 Å². The summed E-state index contributed by atoms with van der Waals surface area (Å²) in [7, 11) is 0. The summed E-state index contributed by atoms with van der Waals surface area (Å²) in [6.07, 6.45) is 58.2. The fourth-order valence-corrected chi connectivity index (χ4v) is 7.13. The first-order chi connectivity index (χ1) is 29.5. The van der Waals surface area contributed by atoms with E-state index in [-0.39, 0.29) is 37.5 Å². The average molecular weight is 841 g/mol. The fourth-order valence-electron chi connectivity index (χ4n) is 7.13. The van der Waals surface area contributed by atoms with E-state index >= 15 is 0 Å². The second kappa shape index (κ2) is 49.0. The van der Waals surface area contributed by atoms with E-state index in [2.05, 4.69) is 63.3 Å². The molecule has 0 aromatic carbocycles. The molecular weight excluding hydrogens is 745 g/mol. The first-order valence-electron chi connectivity index (χ1n) is 25.6. The number of hydrogen-bond acceptors (Lipinski definition) is 6. The van der Waals surface area contributed by atoms with Crippen molar-refractivity contribution in [1.82, 2.24) is 0 Å². The summed E-state index contributed by atoms with van der Waals surface area (Å²) in [5.74, 6) is -0.977. The molecule has 60 heavy (non-hydrogen) atoms. The van der Waals surface area contributed by atoms with Gasteiger partial charge < -0.3 is 14.2 Å². The Labute approximate surface area is 371 Å². The molecule has 0 aliphatic heterocycles. The van der Waals surface area contributed by atoms with E-state index in [1.54, 1.807) is 0 Å². The minimum Gasteiger partial charge on any atom is -0.462 e. The van der Waals surface area contributed by atoms with Gasteiger partial charge in [0.15, 0.2) is 6.10 Å². The molecule has 0 saturated heterocycles. The molecule has 0 bridgehead atoms. The summed E-state index contributed by atoms with van der Waals surface area (Å²) in [6, 6.07) is 0. The molecule has 0 amide bonds. The van der Waals surface area contributed by atoms with Gasteiger partial charge in [-0.05, 0) is 89.9 Å². The van der Waals surface area contributed by atoms with Gasteiger partial charge in [-0.25, -0.2) is 0 Å². The fraction of sp³-hybridized carbons (Fsp3) is 0.796. The molecule has 348 valence electrons. The third-order valence-electron chi connectivity index (χ3n) is 11.0. The van der Waals surface area contributed by atoms with Gasteiger partial charge in [0.1, 0.15) is 13.2 Å². The number of rotatable bonds is 46. The normalized spacial score (nSPS) is 12.4. The van der Waals surface area contributed by atoms with Crippen LogP contribution in [0, 0.1) is 0 Å². The van der Waals surface area contributed by atoms with E-state index in [0.717, 1.165) is 57.8 Å². The van der Waals surface area contributed by atoms with Crippen molar-refractivity contribution in [2.45, 2.75) is 264 Å². The van der Waals surface area contributed by atoms with E-state index in [1.165, 1.54) is 154 Å². The maximum absolute atomic E-state index is 12.7. The lowest BCUT2D eigenvalue weighted by molar-refractivity contribution is -0.166. The smallest absolute Gasteiger partial charge is 0.306 e. The van der Waals surface area contributed by atoms with Crippen molar-refractivity contribution in [2.24, 2.45) is 0 Å². The minimum absolute atomic E-state index is 0.0997. The number of allylic oxidation sites excluding steroid dienone is 8. The Kier molecular flexibility index (Phi) is 46.9. The summed E-state index contributed by atoms with van der Waals surface area (Å²) in [6.45, 7) is 6.55. The van der Waals surface area contributed by atoms with Crippen LogP contribution in [0.4, 0.5) is 0 Å². The minimum atomic E-state index is -0.806. The number of ether oxygens (including phenoxy) is 3. The zero-order valence-corrected chi connectivity index (χ0v) is 39.7. The molecule has 0 aromatic heterocycles. The van der Waals surface area contributed by atoms with E-state index in [0.29, 0.717) is 19.3 Å². The standard InChI is InChI=1S/C54H96O6/c1-4-7-10-13-16-19-22-25-26-27-28-30-32-35-38-41-44-47-53(56)59-50-51(49-58-52(55)46-43-40-37-34-31-24-21-18-15-12-9-6-3)60-54(57)48-45-42-39-36-33-29-23-20-17-14-11-8-5-2/h18,21,25-26,29,33,39,42,51H,4-17,19-20,22-24,27-28,30-32,34-38,40-41,43-50H2,1-3H3/b21-18-,26-25-,33-29-,42-39-. The Hall–Kier alpha value is -2.63. The molecular formula is C54H96O6. The molecule has 0 saturated carbocycles. The largest absolute Gasteiger partial charge is 0.462 e. The first-order valence-corrected chi connectivity index (χ1v) is 25.6. The van der Waals surface area contributed by atoms with Gasteiger partial charge in [-0.2, -0.15) is 0 Å². The molecule has 0 aliphatic rings. The van der Waals surface area contributed by atoms with E-state index in [9.17, 15) is 14.4 Å². The summed E-state index contributed by atoms with van der Waals surface area (Å²) in [4.78, 5) is 37.9. The molecule has 1 atom stereocenters. The lowest BCUT2D eigenvalue weighted by Crippen LogP contribution is -2.30. The van der Waals surface area contributed by atoms with Crippen LogP contribution in [0.2, 0.25) is 0 Å². The molecule has 0 aliphatic carbocycles. The molecule has 0 rings (SSSR count). The van der Waals surface area contributed by atoms with Gasteiger partial charge in [0, 0.05) is 19.3 Å². The highest BCUT2D eigenvalue weighted by molar-refractivity contribution is 5.71. The highest BCUT2D eigenvalue weighted by Crippen LogP contribution is 2.14. The molecule has 0 aromatic rings. The number of carbonyl (C=O) groups excluding carboxylic acids is 3. The SMILES string of the molecule is CCCCC/C=C\CCCCCCCC(=O)OCC(COC(=O)CCCCCCCCC/C=C\CCCCCCCC)OC(=O)CC/C=C\C/C=C\CCCCCCCC.